The molecule has 1 aromatic heterocycles. The summed E-state index contributed by atoms with van der Waals surface area (Å²) >= 11 is 0. The molecule has 0 radical (unpaired) electrons. The maximum Gasteiger partial charge on any atom is 0.291 e. The summed E-state index contributed by atoms with van der Waals surface area (Å²) in [4.78, 5) is 12.0. The van der Waals surface area contributed by atoms with Crippen molar-refractivity contribution >= 4 is 11.6 Å². The van der Waals surface area contributed by atoms with Gasteiger partial charge in [0.1, 0.15) is 24.7 Å². The predicted octanol–water partition coefficient (Wildman–Crippen LogP) is 2.02. The Labute approximate surface area is 122 Å². The van der Waals surface area contributed by atoms with E-state index in [0.29, 0.717) is 37.0 Å². The van der Waals surface area contributed by atoms with E-state index in [9.17, 15) is 4.79 Å². The Morgan fingerprint density at radius 1 is 1.24 bits per heavy atom. The summed E-state index contributed by atoms with van der Waals surface area (Å²) < 4.78 is 15.7. The van der Waals surface area contributed by atoms with Crippen LogP contribution in [0.2, 0.25) is 0 Å². The molecule has 2 aromatic rings. The molecule has 0 fully saturated rings. The largest absolute Gasteiger partial charge is 0.492 e. The van der Waals surface area contributed by atoms with E-state index in [1.165, 1.54) is 0 Å². The van der Waals surface area contributed by atoms with Crippen LogP contribution in [0.25, 0.3) is 0 Å². The van der Waals surface area contributed by atoms with E-state index in [-0.39, 0.29) is 11.7 Å². The number of anilines is 1. The van der Waals surface area contributed by atoms with Gasteiger partial charge < -0.3 is 24.9 Å². The number of methoxy groups -OCH3 is 1. The Morgan fingerprint density at radius 2 is 2.00 bits per heavy atom. The average molecular weight is 290 g/mol. The first kappa shape index (κ1) is 15.1. The molecular weight excluding hydrogens is 272 g/mol. The SMILES string of the molecule is COCc1ccc(C(=O)Nc2ccc(OCCN)cc2)o1. The minimum Gasteiger partial charge on any atom is -0.492 e. The molecule has 1 aromatic carbocycles. The van der Waals surface area contributed by atoms with Crippen molar-refractivity contribution in [3.8, 4) is 5.75 Å². The number of hydrogen-bond acceptors (Lipinski definition) is 5. The second-order valence-corrected chi connectivity index (χ2v) is 4.31. The van der Waals surface area contributed by atoms with Gasteiger partial charge in [0, 0.05) is 19.3 Å². The number of carbonyl (C=O) groups is 1. The molecule has 1 heterocycles. The number of benzene rings is 1. The molecule has 0 atom stereocenters. The van der Waals surface area contributed by atoms with Gasteiger partial charge >= 0.3 is 0 Å². The molecular formula is C15H18N2O4. The van der Waals surface area contributed by atoms with Gasteiger partial charge in [0.15, 0.2) is 5.76 Å². The number of nitrogens with two attached hydrogens (primary N) is 1. The molecule has 112 valence electrons. The van der Waals surface area contributed by atoms with Crippen LogP contribution < -0.4 is 15.8 Å². The fraction of sp³-hybridized carbons (Fsp3) is 0.267. The molecule has 0 saturated heterocycles. The zero-order valence-electron chi connectivity index (χ0n) is 11.8. The minimum absolute atomic E-state index is 0.241. The molecule has 21 heavy (non-hydrogen) atoms. The Morgan fingerprint density at radius 3 is 2.67 bits per heavy atom. The summed E-state index contributed by atoms with van der Waals surface area (Å²) in [5, 5.41) is 2.74. The monoisotopic (exact) mass is 290 g/mol. The third-order valence-electron chi connectivity index (χ3n) is 2.67. The van der Waals surface area contributed by atoms with Crippen LogP contribution in [0.4, 0.5) is 5.69 Å². The molecule has 0 spiro atoms. The number of furan rings is 1. The molecule has 1 amide bonds. The quantitative estimate of drug-likeness (QED) is 0.814. The van der Waals surface area contributed by atoms with E-state index in [0.717, 1.165) is 0 Å². The molecule has 0 unspecified atom stereocenters. The summed E-state index contributed by atoms with van der Waals surface area (Å²) in [7, 11) is 1.57. The van der Waals surface area contributed by atoms with E-state index in [4.69, 9.17) is 19.6 Å². The molecule has 2 rings (SSSR count). The highest BCUT2D eigenvalue weighted by Crippen LogP contribution is 2.17. The van der Waals surface area contributed by atoms with E-state index < -0.39 is 0 Å². The standard InChI is InChI=1S/C15H18N2O4/c1-19-10-13-6-7-14(21-13)15(18)17-11-2-4-12(5-3-11)20-9-8-16/h2-7H,8-10,16H2,1H3,(H,17,18). The number of nitrogens with one attached hydrogen (secondary N) is 1. The first-order valence-electron chi connectivity index (χ1n) is 6.55. The van der Waals surface area contributed by atoms with Crippen molar-refractivity contribution in [2.45, 2.75) is 6.61 Å². The number of ether oxygens (including phenoxy) is 2. The van der Waals surface area contributed by atoms with Crippen LogP contribution in [0.5, 0.6) is 5.75 Å². The van der Waals surface area contributed by atoms with E-state index in [2.05, 4.69) is 5.32 Å². The van der Waals surface area contributed by atoms with Crippen molar-refractivity contribution in [3.63, 3.8) is 0 Å². The highest BCUT2D eigenvalue weighted by Gasteiger charge is 2.11. The lowest BCUT2D eigenvalue weighted by atomic mass is 10.3. The zero-order chi connectivity index (χ0) is 15.1. The summed E-state index contributed by atoms with van der Waals surface area (Å²) in [5.74, 6) is 1.24. The molecule has 6 heteroatoms. The van der Waals surface area contributed by atoms with Gasteiger partial charge in [-0.25, -0.2) is 0 Å². The van der Waals surface area contributed by atoms with Gasteiger partial charge in [-0.15, -0.1) is 0 Å². The summed E-state index contributed by atoms with van der Waals surface area (Å²) in [6, 6.07) is 10.4. The van der Waals surface area contributed by atoms with Crippen LogP contribution in [0.3, 0.4) is 0 Å². The molecule has 0 bridgehead atoms. The van der Waals surface area contributed by atoms with Gasteiger partial charge in [0.05, 0.1) is 0 Å². The second-order valence-electron chi connectivity index (χ2n) is 4.31. The fourth-order valence-electron chi connectivity index (χ4n) is 1.72. The number of hydrogen-bond donors (Lipinski definition) is 2. The Bertz CT molecular complexity index is 578. The lowest BCUT2D eigenvalue weighted by Gasteiger charge is -2.06. The number of amides is 1. The zero-order valence-corrected chi connectivity index (χ0v) is 11.8. The Hall–Kier alpha value is -2.31. The van der Waals surface area contributed by atoms with Crippen LogP contribution in [-0.2, 0) is 11.3 Å². The molecule has 6 nitrogen and oxygen atoms in total. The third-order valence-corrected chi connectivity index (χ3v) is 2.67. The summed E-state index contributed by atoms with van der Waals surface area (Å²) in [6.45, 7) is 1.25. The van der Waals surface area contributed by atoms with Crippen molar-refractivity contribution in [2.24, 2.45) is 5.73 Å². The Balaban J connectivity index is 1.95. The number of rotatable bonds is 7. The average Bonchev–Trinajstić information content (AvgIpc) is 2.96. The maximum atomic E-state index is 12.0. The van der Waals surface area contributed by atoms with Crippen molar-refractivity contribution in [3.05, 3.63) is 47.9 Å². The van der Waals surface area contributed by atoms with Gasteiger partial charge in [0.2, 0.25) is 0 Å². The maximum absolute atomic E-state index is 12.0. The smallest absolute Gasteiger partial charge is 0.291 e. The summed E-state index contributed by atoms with van der Waals surface area (Å²) in [6.07, 6.45) is 0. The minimum atomic E-state index is -0.312. The van der Waals surface area contributed by atoms with Crippen LogP contribution in [-0.4, -0.2) is 26.2 Å². The molecule has 3 N–H and O–H groups in total. The Kier molecular flexibility index (Phi) is 5.36. The first-order chi connectivity index (χ1) is 10.2. The second kappa shape index (κ2) is 7.47. The van der Waals surface area contributed by atoms with E-state index >= 15 is 0 Å². The third kappa shape index (κ3) is 4.34. The molecule has 0 aliphatic carbocycles. The van der Waals surface area contributed by atoms with Gasteiger partial charge in [-0.2, -0.15) is 0 Å². The van der Waals surface area contributed by atoms with Crippen molar-refractivity contribution in [1.29, 1.82) is 0 Å². The van der Waals surface area contributed by atoms with Crippen molar-refractivity contribution in [1.82, 2.24) is 0 Å². The van der Waals surface area contributed by atoms with Crippen LogP contribution in [0, 0.1) is 0 Å². The first-order valence-corrected chi connectivity index (χ1v) is 6.55. The predicted molar refractivity (Wildman–Crippen MR) is 78.4 cm³/mol. The molecule has 0 aliphatic heterocycles. The van der Waals surface area contributed by atoms with Gasteiger partial charge in [-0.05, 0) is 36.4 Å². The van der Waals surface area contributed by atoms with Gasteiger partial charge in [-0.3, -0.25) is 4.79 Å². The normalized spacial score (nSPS) is 10.4. The fourth-order valence-corrected chi connectivity index (χ4v) is 1.72. The molecule has 0 aliphatic rings. The van der Waals surface area contributed by atoms with E-state index in [1.54, 1.807) is 43.5 Å². The van der Waals surface area contributed by atoms with Gasteiger partial charge in [-0.1, -0.05) is 0 Å². The van der Waals surface area contributed by atoms with E-state index in [1.807, 2.05) is 0 Å². The number of carbonyl (C=O) groups excluding carboxylic acids is 1. The highest BCUT2D eigenvalue weighted by atomic mass is 16.5. The van der Waals surface area contributed by atoms with Crippen molar-refractivity contribution in [2.75, 3.05) is 25.6 Å². The lowest BCUT2D eigenvalue weighted by Crippen LogP contribution is -2.11. The van der Waals surface area contributed by atoms with Crippen LogP contribution in [0.1, 0.15) is 16.3 Å². The summed E-state index contributed by atoms with van der Waals surface area (Å²) in [5.41, 5.74) is 6.02. The van der Waals surface area contributed by atoms with Crippen LogP contribution in [0.15, 0.2) is 40.8 Å². The molecule has 0 saturated carbocycles. The lowest BCUT2D eigenvalue weighted by molar-refractivity contribution is 0.0987. The van der Waals surface area contributed by atoms with Crippen molar-refractivity contribution < 1.29 is 18.7 Å². The van der Waals surface area contributed by atoms with Crippen LogP contribution >= 0.6 is 0 Å². The van der Waals surface area contributed by atoms with Gasteiger partial charge in [0.25, 0.3) is 5.91 Å². The topological polar surface area (TPSA) is 86.7 Å². The highest BCUT2D eigenvalue weighted by molar-refractivity contribution is 6.02.